The maximum Gasteiger partial charge on any atom is 0.129 e. The maximum absolute atomic E-state index is 5.43. The minimum atomic E-state index is 0.0715. The summed E-state index contributed by atoms with van der Waals surface area (Å²) in [5, 5.41) is 1.99. The van der Waals surface area contributed by atoms with Gasteiger partial charge in [-0.15, -0.1) is 11.3 Å². The number of hydrogen-bond donors (Lipinski definition) is 0. The third-order valence-electron chi connectivity index (χ3n) is 2.79. The summed E-state index contributed by atoms with van der Waals surface area (Å²) in [5.41, 5.74) is 1.06. The van der Waals surface area contributed by atoms with Gasteiger partial charge in [-0.3, -0.25) is 0 Å². The lowest BCUT2D eigenvalue weighted by Crippen LogP contribution is -1.96. The predicted octanol–water partition coefficient (Wildman–Crippen LogP) is 4.26. The summed E-state index contributed by atoms with van der Waals surface area (Å²) in [5.74, 6) is 2.45. The van der Waals surface area contributed by atoms with Gasteiger partial charge in [0.2, 0.25) is 0 Å². The third kappa shape index (κ3) is 3.04. The largest absolute Gasteiger partial charge is 0.497 e. The first-order chi connectivity index (χ1) is 9.19. The summed E-state index contributed by atoms with van der Waals surface area (Å²) >= 11 is 5.36. The molecule has 0 saturated carbocycles. The van der Waals surface area contributed by atoms with Gasteiger partial charge in [0, 0.05) is 21.9 Å². The molecule has 2 rings (SSSR count). The average Bonchev–Trinajstić information content (AvgIpc) is 2.94. The average molecular weight is 343 g/mol. The fourth-order valence-electron chi connectivity index (χ4n) is 1.76. The van der Waals surface area contributed by atoms with Crippen LogP contribution in [0.3, 0.4) is 0 Å². The van der Waals surface area contributed by atoms with E-state index < -0.39 is 0 Å². The third-order valence-corrected chi connectivity index (χ3v) is 5.06. The summed E-state index contributed by atoms with van der Waals surface area (Å²) in [6.07, 6.45) is 0. The summed E-state index contributed by atoms with van der Waals surface area (Å²) < 4.78 is 15.8. The van der Waals surface area contributed by atoms with Crippen molar-refractivity contribution in [3.63, 3.8) is 0 Å². The van der Waals surface area contributed by atoms with Gasteiger partial charge in [-0.2, -0.15) is 0 Å². The topological polar surface area (TPSA) is 27.7 Å². The molecule has 1 aromatic carbocycles. The molecule has 1 unspecified atom stereocenters. The Hall–Kier alpha value is -1.20. The predicted molar refractivity (Wildman–Crippen MR) is 81.2 cm³/mol. The minimum Gasteiger partial charge on any atom is -0.497 e. The van der Waals surface area contributed by atoms with E-state index >= 15 is 0 Å². The van der Waals surface area contributed by atoms with Crippen molar-refractivity contribution in [3.05, 3.63) is 40.1 Å². The summed E-state index contributed by atoms with van der Waals surface area (Å²) in [4.78, 5) is 1.24. The Bertz CT molecular complexity index is 553. The number of rotatable bonds is 5. The van der Waals surface area contributed by atoms with Crippen LogP contribution in [-0.4, -0.2) is 21.3 Å². The first-order valence-electron chi connectivity index (χ1n) is 5.68. The van der Waals surface area contributed by atoms with Gasteiger partial charge in [0.25, 0.3) is 0 Å². The van der Waals surface area contributed by atoms with Gasteiger partial charge in [0.05, 0.1) is 26.2 Å². The molecule has 0 saturated heterocycles. The molecule has 5 heteroatoms. The highest BCUT2D eigenvalue weighted by Gasteiger charge is 2.18. The van der Waals surface area contributed by atoms with E-state index in [1.807, 2.05) is 29.6 Å². The number of hydrogen-bond acceptors (Lipinski definition) is 4. The molecule has 3 nitrogen and oxygen atoms in total. The minimum absolute atomic E-state index is 0.0715. The zero-order chi connectivity index (χ0) is 13.8. The Kier molecular flexibility index (Phi) is 4.71. The second kappa shape index (κ2) is 6.30. The Morgan fingerprint density at radius 1 is 1.00 bits per heavy atom. The molecular weight excluding hydrogens is 328 g/mol. The molecule has 0 aliphatic rings. The molecule has 0 aliphatic carbocycles. The van der Waals surface area contributed by atoms with Crippen LogP contribution in [0, 0.1) is 0 Å². The molecule has 1 heterocycles. The van der Waals surface area contributed by atoms with Crippen molar-refractivity contribution < 1.29 is 14.2 Å². The molecule has 1 atom stereocenters. The first kappa shape index (κ1) is 14.2. The lowest BCUT2D eigenvalue weighted by atomic mass is 10.1. The van der Waals surface area contributed by atoms with E-state index in [0.29, 0.717) is 0 Å². The summed E-state index contributed by atoms with van der Waals surface area (Å²) in [6.45, 7) is 0. The van der Waals surface area contributed by atoms with Crippen LogP contribution in [0.1, 0.15) is 15.3 Å². The molecule has 0 amide bonds. The van der Waals surface area contributed by atoms with Crippen LogP contribution in [0.4, 0.5) is 0 Å². The van der Waals surface area contributed by atoms with Gasteiger partial charge in [-0.05, 0) is 12.1 Å². The van der Waals surface area contributed by atoms with Gasteiger partial charge < -0.3 is 14.2 Å². The monoisotopic (exact) mass is 342 g/mol. The van der Waals surface area contributed by atoms with Crippen LogP contribution in [0.5, 0.6) is 17.2 Å². The lowest BCUT2D eigenvalue weighted by molar-refractivity contribution is 0.391. The first-order valence-corrected chi connectivity index (χ1v) is 7.47. The van der Waals surface area contributed by atoms with Crippen molar-refractivity contribution in [1.29, 1.82) is 0 Å². The van der Waals surface area contributed by atoms with E-state index in [-0.39, 0.29) is 4.83 Å². The van der Waals surface area contributed by atoms with Crippen LogP contribution in [0.15, 0.2) is 29.6 Å². The Balaban J connectivity index is 2.34. The van der Waals surface area contributed by atoms with Gasteiger partial charge >= 0.3 is 0 Å². The number of benzene rings is 1. The highest BCUT2D eigenvalue weighted by molar-refractivity contribution is 9.09. The fourth-order valence-corrected chi connectivity index (χ4v) is 3.44. The Morgan fingerprint density at radius 3 is 2.32 bits per heavy atom. The SMILES string of the molecule is COc1csc(C(Br)c2ccc(OC)cc2OC)c1. The van der Waals surface area contributed by atoms with Crippen molar-refractivity contribution in [2.45, 2.75) is 4.83 Å². The van der Waals surface area contributed by atoms with Crippen molar-refractivity contribution >= 4 is 27.3 Å². The van der Waals surface area contributed by atoms with E-state index in [1.165, 1.54) is 4.88 Å². The molecule has 102 valence electrons. The van der Waals surface area contributed by atoms with Gasteiger partial charge in [-0.1, -0.05) is 22.0 Å². The Morgan fingerprint density at radius 2 is 1.74 bits per heavy atom. The molecule has 0 aliphatic heterocycles. The van der Waals surface area contributed by atoms with Crippen molar-refractivity contribution in [3.8, 4) is 17.2 Å². The molecule has 1 aromatic heterocycles. The second-order valence-corrected chi connectivity index (χ2v) is 5.72. The molecule has 0 spiro atoms. The van der Waals surface area contributed by atoms with Crippen LogP contribution < -0.4 is 14.2 Å². The highest BCUT2D eigenvalue weighted by Crippen LogP contribution is 2.41. The molecule has 0 bridgehead atoms. The molecular formula is C14H15BrO3S. The standard InChI is InChI=1S/C14H15BrO3S/c1-16-9-4-5-11(12(6-9)18-3)14(15)13-7-10(17-2)8-19-13/h4-8,14H,1-3H3. The molecule has 0 fully saturated rings. The van der Waals surface area contributed by atoms with E-state index in [4.69, 9.17) is 14.2 Å². The summed E-state index contributed by atoms with van der Waals surface area (Å²) in [6, 6.07) is 7.84. The molecule has 19 heavy (non-hydrogen) atoms. The number of ether oxygens (including phenoxy) is 3. The van der Waals surface area contributed by atoms with Crippen molar-refractivity contribution in [2.75, 3.05) is 21.3 Å². The maximum atomic E-state index is 5.43. The van der Waals surface area contributed by atoms with Crippen LogP contribution >= 0.6 is 27.3 Å². The van der Waals surface area contributed by atoms with Gasteiger partial charge in [-0.25, -0.2) is 0 Å². The van der Waals surface area contributed by atoms with Crippen LogP contribution in [0.25, 0.3) is 0 Å². The second-order valence-electron chi connectivity index (χ2n) is 3.86. The van der Waals surface area contributed by atoms with E-state index in [1.54, 1.807) is 32.7 Å². The summed E-state index contributed by atoms with van der Waals surface area (Å²) in [7, 11) is 4.97. The Labute approximate surface area is 125 Å². The van der Waals surface area contributed by atoms with E-state index in [2.05, 4.69) is 15.9 Å². The van der Waals surface area contributed by atoms with Crippen LogP contribution in [-0.2, 0) is 0 Å². The van der Waals surface area contributed by atoms with E-state index in [9.17, 15) is 0 Å². The highest BCUT2D eigenvalue weighted by atomic mass is 79.9. The number of methoxy groups -OCH3 is 3. The zero-order valence-corrected chi connectivity index (χ0v) is 13.4. The smallest absolute Gasteiger partial charge is 0.129 e. The molecule has 0 N–H and O–H groups in total. The molecule has 2 aromatic rings. The zero-order valence-electron chi connectivity index (χ0n) is 11.0. The van der Waals surface area contributed by atoms with Crippen LogP contribution in [0.2, 0.25) is 0 Å². The van der Waals surface area contributed by atoms with Crippen molar-refractivity contribution in [2.24, 2.45) is 0 Å². The number of halogens is 1. The fraction of sp³-hybridized carbons (Fsp3) is 0.286. The normalized spacial score (nSPS) is 12.0. The number of alkyl halides is 1. The van der Waals surface area contributed by atoms with Crippen molar-refractivity contribution in [1.82, 2.24) is 0 Å². The number of thiophene rings is 1. The quantitative estimate of drug-likeness (QED) is 0.760. The van der Waals surface area contributed by atoms with Gasteiger partial charge in [0.15, 0.2) is 0 Å². The van der Waals surface area contributed by atoms with Gasteiger partial charge in [0.1, 0.15) is 17.2 Å². The van der Waals surface area contributed by atoms with E-state index in [0.717, 1.165) is 22.8 Å². The lowest BCUT2D eigenvalue weighted by Gasteiger charge is -2.14. The molecule has 0 radical (unpaired) electrons.